The van der Waals surface area contributed by atoms with E-state index in [-0.39, 0.29) is 11.3 Å². The lowest BCUT2D eigenvalue weighted by atomic mass is 10.00. The predicted molar refractivity (Wildman–Crippen MR) is 116 cm³/mol. The third kappa shape index (κ3) is 4.04. The van der Waals surface area contributed by atoms with Crippen LogP contribution in [0.4, 0.5) is 14.5 Å². The number of nitrogens with one attached hydrogen (secondary N) is 2. The van der Waals surface area contributed by atoms with E-state index < -0.39 is 33.0 Å². The summed E-state index contributed by atoms with van der Waals surface area (Å²) in [6, 6.07) is 10.3. The van der Waals surface area contributed by atoms with Crippen LogP contribution < -0.4 is 9.46 Å². The van der Waals surface area contributed by atoms with Crippen molar-refractivity contribution in [2.24, 2.45) is 0 Å². The molecule has 0 radical (unpaired) electrons. The number of sulfonamides is 1. The van der Waals surface area contributed by atoms with Crippen LogP contribution in [0.1, 0.15) is 15.9 Å². The van der Waals surface area contributed by atoms with Crippen molar-refractivity contribution in [2.75, 3.05) is 18.1 Å². The zero-order chi connectivity index (χ0) is 23.0. The third-order valence-corrected chi connectivity index (χ3v) is 5.38. The molecule has 0 aliphatic rings. The Morgan fingerprint density at radius 2 is 1.91 bits per heavy atom. The van der Waals surface area contributed by atoms with Crippen molar-refractivity contribution >= 4 is 32.5 Å². The van der Waals surface area contributed by atoms with Crippen LogP contribution >= 0.6 is 0 Å². The van der Waals surface area contributed by atoms with Crippen molar-refractivity contribution in [3.63, 3.8) is 0 Å². The van der Waals surface area contributed by atoms with Gasteiger partial charge in [-0.15, -0.1) is 0 Å². The van der Waals surface area contributed by atoms with Gasteiger partial charge in [0.05, 0.1) is 18.9 Å². The lowest BCUT2D eigenvalue weighted by Crippen LogP contribution is -2.09. The van der Waals surface area contributed by atoms with E-state index in [0.29, 0.717) is 27.8 Å². The first kappa shape index (κ1) is 21.4. The minimum absolute atomic E-state index is 0.0332. The number of carbonyl (C=O) groups is 1. The highest BCUT2D eigenvalue weighted by molar-refractivity contribution is 7.92. The van der Waals surface area contributed by atoms with Gasteiger partial charge in [0.2, 0.25) is 15.8 Å². The number of nitrogens with zero attached hydrogens (tertiary/aromatic N) is 1. The number of halogens is 2. The summed E-state index contributed by atoms with van der Waals surface area (Å²) in [5.41, 5.74) is 1.23. The molecule has 0 bridgehead atoms. The van der Waals surface area contributed by atoms with Crippen LogP contribution in [0.2, 0.25) is 0 Å². The maximum absolute atomic E-state index is 14.6. The molecule has 32 heavy (non-hydrogen) atoms. The van der Waals surface area contributed by atoms with Gasteiger partial charge in [-0.3, -0.25) is 9.52 Å². The largest absolute Gasteiger partial charge is 0.494 e. The molecule has 0 spiro atoms. The summed E-state index contributed by atoms with van der Waals surface area (Å²) < 4.78 is 59.2. The Hall–Kier alpha value is -3.79. The van der Waals surface area contributed by atoms with E-state index in [1.807, 2.05) is 0 Å². The Kier molecular flexibility index (Phi) is 5.39. The van der Waals surface area contributed by atoms with Crippen molar-refractivity contribution in [1.29, 1.82) is 0 Å². The molecule has 164 valence electrons. The van der Waals surface area contributed by atoms with Gasteiger partial charge in [-0.1, -0.05) is 12.1 Å². The third-order valence-electron chi connectivity index (χ3n) is 4.78. The lowest BCUT2D eigenvalue weighted by molar-refractivity contribution is 0.103. The van der Waals surface area contributed by atoms with Gasteiger partial charge < -0.3 is 9.72 Å². The van der Waals surface area contributed by atoms with Crippen molar-refractivity contribution in [2.45, 2.75) is 0 Å². The van der Waals surface area contributed by atoms with E-state index in [1.165, 1.54) is 13.3 Å². The number of ketones is 1. The van der Waals surface area contributed by atoms with E-state index in [0.717, 1.165) is 18.4 Å². The Morgan fingerprint density at radius 1 is 1.12 bits per heavy atom. The molecule has 4 rings (SSSR count). The number of ether oxygens (including phenoxy) is 1. The Bertz CT molecular complexity index is 1470. The summed E-state index contributed by atoms with van der Waals surface area (Å²) in [6.07, 6.45) is 3.92. The molecule has 2 aromatic carbocycles. The molecule has 0 amide bonds. The second-order valence-electron chi connectivity index (χ2n) is 7.05. The van der Waals surface area contributed by atoms with Crippen molar-refractivity contribution in [1.82, 2.24) is 9.97 Å². The molecule has 0 saturated heterocycles. The predicted octanol–water partition coefficient (Wildman–Crippen LogP) is 4.12. The fourth-order valence-corrected chi connectivity index (χ4v) is 3.91. The molecule has 2 aromatic heterocycles. The van der Waals surface area contributed by atoms with Gasteiger partial charge in [0, 0.05) is 34.6 Å². The number of methoxy groups -OCH3 is 1. The van der Waals surface area contributed by atoms with E-state index in [2.05, 4.69) is 14.7 Å². The summed E-state index contributed by atoms with van der Waals surface area (Å²) >= 11 is 0. The fraction of sp³-hybridized carbons (Fsp3) is 0.0909. The molecule has 2 N–H and O–H groups in total. The lowest BCUT2D eigenvalue weighted by Gasteiger charge is -2.09. The number of aromatic nitrogens is 2. The van der Waals surface area contributed by atoms with Gasteiger partial charge in [-0.05, 0) is 35.9 Å². The number of hydrogen-bond donors (Lipinski definition) is 2. The zero-order valence-electron chi connectivity index (χ0n) is 16.9. The average Bonchev–Trinajstić information content (AvgIpc) is 3.16. The number of rotatable bonds is 6. The van der Waals surface area contributed by atoms with Gasteiger partial charge in [0.25, 0.3) is 0 Å². The summed E-state index contributed by atoms with van der Waals surface area (Å²) in [4.78, 5) is 20.1. The number of hydrogen-bond acceptors (Lipinski definition) is 5. The number of anilines is 1. The number of carbonyl (C=O) groups excluding carboxylic acids is 1. The van der Waals surface area contributed by atoms with E-state index in [9.17, 15) is 22.0 Å². The molecule has 0 atom stereocenters. The van der Waals surface area contributed by atoms with Crippen LogP contribution in [0.25, 0.3) is 22.2 Å². The molecule has 10 heteroatoms. The summed E-state index contributed by atoms with van der Waals surface area (Å²) in [7, 11) is -2.24. The molecule has 4 aromatic rings. The van der Waals surface area contributed by atoms with Crippen LogP contribution in [0.5, 0.6) is 5.75 Å². The molecule has 0 saturated carbocycles. The van der Waals surface area contributed by atoms with Crippen molar-refractivity contribution in [3.8, 4) is 16.9 Å². The normalized spacial score (nSPS) is 11.5. The maximum atomic E-state index is 14.6. The minimum atomic E-state index is -3.46. The van der Waals surface area contributed by atoms with E-state index >= 15 is 0 Å². The summed E-state index contributed by atoms with van der Waals surface area (Å²) in [6.45, 7) is 0. The van der Waals surface area contributed by atoms with Gasteiger partial charge >= 0.3 is 0 Å². The number of H-pyrrole nitrogens is 1. The monoisotopic (exact) mass is 457 g/mol. The Morgan fingerprint density at radius 3 is 2.62 bits per heavy atom. The number of pyridine rings is 1. The highest BCUT2D eigenvalue weighted by atomic mass is 32.2. The molecule has 7 nitrogen and oxygen atoms in total. The first-order chi connectivity index (χ1) is 15.2. The second kappa shape index (κ2) is 8.04. The van der Waals surface area contributed by atoms with Gasteiger partial charge in [0.1, 0.15) is 11.5 Å². The molecular formula is C22H17F2N3O4S. The Balaban J connectivity index is 1.80. The fourth-order valence-electron chi connectivity index (χ4n) is 3.36. The molecule has 0 aliphatic heterocycles. The van der Waals surface area contributed by atoms with Crippen LogP contribution in [-0.4, -0.2) is 37.5 Å². The highest BCUT2D eigenvalue weighted by Crippen LogP contribution is 2.30. The Labute approximate surface area is 182 Å². The number of aromatic amines is 1. The van der Waals surface area contributed by atoms with Gasteiger partial charge in [-0.25, -0.2) is 22.2 Å². The first-order valence-corrected chi connectivity index (χ1v) is 11.2. The summed E-state index contributed by atoms with van der Waals surface area (Å²) in [5, 5.41) is 0.357. The van der Waals surface area contributed by atoms with E-state index in [4.69, 9.17) is 4.74 Å². The SMILES string of the molecule is COc1ccc(F)c(C(=O)c2c[nH]c3ncc(-c4cccc(NS(C)(=O)=O)c4)cc23)c1F. The van der Waals surface area contributed by atoms with Crippen LogP contribution in [0.3, 0.4) is 0 Å². The van der Waals surface area contributed by atoms with Crippen LogP contribution in [0.15, 0.2) is 54.9 Å². The van der Waals surface area contributed by atoms with Crippen molar-refractivity contribution < 1.29 is 26.7 Å². The van der Waals surface area contributed by atoms with Crippen LogP contribution in [-0.2, 0) is 10.0 Å². The standard InChI is InChI=1S/C22H17F2N3O4S/c1-31-18-7-6-17(23)19(20(18)24)21(28)16-11-26-22-15(16)9-13(10-25-22)12-4-3-5-14(8-12)27-32(2,29)30/h3-11,27H,1-2H3,(H,25,26). The first-order valence-electron chi connectivity index (χ1n) is 9.30. The molecule has 0 aliphatic carbocycles. The molecule has 0 unspecified atom stereocenters. The molecule has 2 heterocycles. The van der Waals surface area contributed by atoms with Crippen LogP contribution in [0, 0.1) is 11.6 Å². The quantitative estimate of drug-likeness (QED) is 0.424. The highest BCUT2D eigenvalue weighted by Gasteiger charge is 2.25. The van der Waals surface area contributed by atoms with Gasteiger partial charge in [0.15, 0.2) is 11.6 Å². The average molecular weight is 457 g/mol. The van der Waals surface area contributed by atoms with Gasteiger partial charge in [-0.2, -0.15) is 0 Å². The number of benzene rings is 2. The minimum Gasteiger partial charge on any atom is -0.494 e. The van der Waals surface area contributed by atoms with Crippen molar-refractivity contribution in [3.05, 3.63) is 77.6 Å². The molecule has 0 fully saturated rings. The molecular weight excluding hydrogens is 440 g/mol. The zero-order valence-corrected chi connectivity index (χ0v) is 17.8. The van der Waals surface area contributed by atoms with E-state index in [1.54, 1.807) is 36.5 Å². The summed E-state index contributed by atoms with van der Waals surface area (Å²) in [5.74, 6) is -3.21. The topological polar surface area (TPSA) is 101 Å². The maximum Gasteiger partial charge on any atom is 0.229 e. The smallest absolute Gasteiger partial charge is 0.229 e. The second-order valence-corrected chi connectivity index (χ2v) is 8.79. The number of fused-ring (bicyclic) bond motifs is 1.